The van der Waals surface area contributed by atoms with Crippen molar-refractivity contribution in [3.05, 3.63) is 53.6 Å². The van der Waals surface area contributed by atoms with Gasteiger partial charge < -0.3 is 4.74 Å². The Morgan fingerprint density at radius 3 is 2.68 bits per heavy atom. The van der Waals surface area contributed by atoms with Gasteiger partial charge >= 0.3 is 6.18 Å². The summed E-state index contributed by atoms with van der Waals surface area (Å²) in [6.07, 6.45) is -4.50. The van der Waals surface area contributed by atoms with Gasteiger partial charge in [0.1, 0.15) is 5.75 Å². The summed E-state index contributed by atoms with van der Waals surface area (Å²) in [4.78, 5) is 16.4. The zero-order chi connectivity index (χ0) is 18.0. The largest absolute Gasteiger partial charge is 0.493 e. The maximum Gasteiger partial charge on any atom is 0.418 e. The van der Waals surface area contributed by atoms with Crippen LogP contribution in [0.25, 0.3) is 10.2 Å². The molecule has 2 aromatic carbocycles. The highest BCUT2D eigenvalue weighted by molar-refractivity contribution is 7.22. The summed E-state index contributed by atoms with van der Waals surface area (Å²) in [6, 6.07) is 10.5. The van der Waals surface area contributed by atoms with Crippen LogP contribution in [0.5, 0.6) is 5.75 Å². The van der Waals surface area contributed by atoms with Crippen LogP contribution in [0.4, 0.5) is 18.3 Å². The molecule has 3 aromatic rings. The van der Waals surface area contributed by atoms with Crippen LogP contribution in [-0.4, -0.2) is 17.5 Å². The van der Waals surface area contributed by atoms with Crippen molar-refractivity contribution < 1.29 is 22.7 Å². The number of ether oxygens (including phenoxy) is 1. The van der Waals surface area contributed by atoms with Gasteiger partial charge in [-0.15, -0.1) is 0 Å². The molecular weight excluding hydrogens is 353 g/mol. The Bertz CT molecular complexity index is 922. The van der Waals surface area contributed by atoms with Gasteiger partial charge in [0.15, 0.2) is 5.13 Å². The van der Waals surface area contributed by atoms with Gasteiger partial charge in [0.2, 0.25) is 0 Å². The zero-order valence-electron chi connectivity index (χ0n) is 13.1. The van der Waals surface area contributed by atoms with Crippen molar-refractivity contribution in [2.75, 3.05) is 11.9 Å². The monoisotopic (exact) mass is 366 g/mol. The van der Waals surface area contributed by atoms with E-state index in [4.69, 9.17) is 4.74 Å². The number of benzene rings is 2. The third-order valence-corrected chi connectivity index (χ3v) is 4.31. The average Bonchev–Trinajstić information content (AvgIpc) is 2.96. The van der Waals surface area contributed by atoms with Crippen molar-refractivity contribution in [2.24, 2.45) is 0 Å². The number of nitrogens with one attached hydrogen (secondary N) is 1. The fourth-order valence-corrected chi connectivity index (χ4v) is 3.22. The molecule has 0 bridgehead atoms. The first-order chi connectivity index (χ1) is 11.9. The van der Waals surface area contributed by atoms with Crippen LogP contribution in [-0.2, 0) is 6.18 Å². The molecule has 0 fully saturated rings. The van der Waals surface area contributed by atoms with E-state index in [0.717, 1.165) is 17.4 Å². The molecular formula is C17H13F3N2O2S. The van der Waals surface area contributed by atoms with E-state index in [1.54, 1.807) is 31.2 Å². The van der Waals surface area contributed by atoms with Crippen molar-refractivity contribution >= 4 is 32.6 Å². The summed E-state index contributed by atoms with van der Waals surface area (Å²) in [5.41, 5.74) is -0.704. The lowest BCUT2D eigenvalue weighted by Crippen LogP contribution is -2.13. The number of alkyl halides is 3. The molecule has 0 saturated carbocycles. The molecule has 1 heterocycles. The molecule has 0 spiro atoms. The second-order valence-electron chi connectivity index (χ2n) is 5.05. The summed E-state index contributed by atoms with van der Waals surface area (Å²) >= 11 is 0.986. The molecule has 0 aliphatic rings. The molecule has 3 rings (SSSR count). The highest BCUT2D eigenvalue weighted by Gasteiger charge is 2.33. The van der Waals surface area contributed by atoms with E-state index in [1.165, 1.54) is 12.1 Å². The first kappa shape index (κ1) is 17.2. The van der Waals surface area contributed by atoms with E-state index in [0.29, 0.717) is 22.6 Å². The molecule has 0 aliphatic heterocycles. The fraction of sp³-hybridized carbons (Fsp3) is 0.176. The Hall–Kier alpha value is -2.61. The molecule has 8 heteroatoms. The average molecular weight is 366 g/mol. The Morgan fingerprint density at radius 1 is 1.20 bits per heavy atom. The van der Waals surface area contributed by atoms with Gasteiger partial charge in [0, 0.05) is 0 Å². The number of fused-ring (bicyclic) bond motifs is 1. The van der Waals surface area contributed by atoms with Crippen molar-refractivity contribution in [1.82, 2.24) is 4.98 Å². The number of carbonyl (C=O) groups excluding carboxylic acids is 1. The number of rotatable bonds is 4. The molecule has 4 nitrogen and oxygen atoms in total. The third-order valence-electron chi connectivity index (χ3n) is 3.38. The summed E-state index contributed by atoms with van der Waals surface area (Å²) in [7, 11) is 0. The molecule has 1 N–H and O–H groups in total. The van der Waals surface area contributed by atoms with Crippen LogP contribution < -0.4 is 10.1 Å². The van der Waals surface area contributed by atoms with Crippen LogP contribution in [0.2, 0.25) is 0 Å². The number of thiazole rings is 1. The number of para-hydroxylation sites is 2. The number of anilines is 1. The third kappa shape index (κ3) is 3.58. The molecule has 130 valence electrons. The Balaban J connectivity index is 1.93. The van der Waals surface area contributed by atoms with Gasteiger partial charge in [-0.3, -0.25) is 10.1 Å². The number of halogens is 3. The molecule has 0 saturated heterocycles. The summed E-state index contributed by atoms with van der Waals surface area (Å²) in [5, 5.41) is 2.65. The number of hydrogen-bond acceptors (Lipinski definition) is 4. The van der Waals surface area contributed by atoms with E-state index >= 15 is 0 Å². The lowest BCUT2D eigenvalue weighted by atomic mass is 10.2. The molecule has 0 radical (unpaired) electrons. The van der Waals surface area contributed by atoms with Gasteiger partial charge in [-0.05, 0) is 31.2 Å². The molecule has 0 atom stereocenters. The van der Waals surface area contributed by atoms with Crippen LogP contribution in [0.1, 0.15) is 22.8 Å². The number of nitrogens with zero attached hydrogens (tertiary/aromatic N) is 1. The molecule has 25 heavy (non-hydrogen) atoms. The predicted octanol–water partition coefficient (Wildman–Crippen LogP) is 4.97. The maximum atomic E-state index is 13.1. The van der Waals surface area contributed by atoms with Crippen molar-refractivity contribution in [3.8, 4) is 5.75 Å². The van der Waals surface area contributed by atoms with Gasteiger partial charge in [-0.1, -0.05) is 29.5 Å². The van der Waals surface area contributed by atoms with Gasteiger partial charge in [0.25, 0.3) is 5.91 Å². The highest BCUT2D eigenvalue weighted by atomic mass is 32.1. The minimum atomic E-state index is -4.50. The van der Waals surface area contributed by atoms with Gasteiger partial charge in [-0.2, -0.15) is 13.2 Å². The number of aromatic nitrogens is 1. The van der Waals surface area contributed by atoms with E-state index in [2.05, 4.69) is 10.3 Å². The SMILES string of the molecule is CCOc1ccccc1C(=O)Nc1nc2c(C(F)(F)F)cccc2s1. The van der Waals surface area contributed by atoms with Gasteiger partial charge in [-0.25, -0.2) is 4.98 Å². The number of hydrogen-bond donors (Lipinski definition) is 1. The van der Waals surface area contributed by atoms with Crippen molar-refractivity contribution in [1.29, 1.82) is 0 Å². The number of carbonyl (C=O) groups is 1. The highest BCUT2D eigenvalue weighted by Crippen LogP contribution is 2.37. The van der Waals surface area contributed by atoms with Crippen LogP contribution in [0.15, 0.2) is 42.5 Å². The van der Waals surface area contributed by atoms with Crippen LogP contribution >= 0.6 is 11.3 Å². The van der Waals surface area contributed by atoms with E-state index in [1.807, 2.05) is 0 Å². The van der Waals surface area contributed by atoms with Crippen LogP contribution in [0.3, 0.4) is 0 Å². The zero-order valence-corrected chi connectivity index (χ0v) is 13.9. The summed E-state index contributed by atoms with van der Waals surface area (Å²) in [5.74, 6) is -0.0868. The molecule has 1 aromatic heterocycles. The molecule has 1 amide bonds. The Kier molecular flexibility index (Phi) is 4.63. The quantitative estimate of drug-likeness (QED) is 0.710. The first-order valence-corrected chi connectivity index (χ1v) is 8.21. The van der Waals surface area contributed by atoms with E-state index < -0.39 is 17.6 Å². The predicted molar refractivity (Wildman–Crippen MR) is 90.2 cm³/mol. The van der Waals surface area contributed by atoms with Crippen molar-refractivity contribution in [3.63, 3.8) is 0 Å². The minimum absolute atomic E-state index is 0.100. The standard InChI is InChI=1S/C17H13F3N2O2S/c1-2-24-12-8-4-3-6-10(12)15(23)22-16-21-14-11(17(18,19)20)7-5-9-13(14)25-16/h3-9H,2H2,1H3,(H,21,22,23). The maximum absolute atomic E-state index is 13.1. The van der Waals surface area contributed by atoms with E-state index in [9.17, 15) is 18.0 Å². The fourth-order valence-electron chi connectivity index (χ4n) is 2.33. The minimum Gasteiger partial charge on any atom is -0.493 e. The lowest BCUT2D eigenvalue weighted by molar-refractivity contribution is -0.136. The second-order valence-corrected chi connectivity index (χ2v) is 6.08. The topological polar surface area (TPSA) is 51.2 Å². The summed E-state index contributed by atoms with van der Waals surface area (Å²) in [6.45, 7) is 2.18. The smallest absolute Gasteiger partial charge is 0.418 e. The second kappa shape index (κ2) is 6.72. The Morgan fingerprint density at radius 2 is 1.96 bits per heavy atom. The molecule has 0 aliphatic carbocycles. The summed E-state index contributed by atoms with van der Waals surface area (Å²) < 4.78 is 44.9. The van der Waals surface area contributed by atoms with Crippen molar-refractivity contribution in [2.45, 2.75) is 13.1 Å². The number of amides is 1. The first-order valence-electron chi connectivity index (χ1n) is 7.40. The lowest BCUT2D eigenvalue weighted by Gasteiger charge is -2.09. The van der Waals surface area contributed by atoms with Crippen LogP contribution in [0, 0.1) is 0 Å². The van der Waals surface area contributed by atoms with Gasteiger partial charge in [0.05, 0.1) is 28.0 Å². The normalized spacial score (nSPS) is 11.5. The van der Waals surface area contributed by atoms with E-state index in [-0.39, 0.29) is 10.6 Å². The molecule has 0 unspecified atom stereocenters. The Labute approximate surface area is 145 Å².